The number of nitrogens with zero attached hydrogens (tertiary/aromatic N) is 1. The van der Waals surface area contributed by atoms with E-state index in [9.17, 15) is 15.3 Å². The van der Waals surface area contributed by atoms with Crippen molar-refractivity contribution in [2.24, 2.45) is 11.3 Å². The fourth-order valence-electron chi connectivity index (χ4n) is 5.00. The third-order valence-electron chi connectivity index (χ3n) is 7.66. The molecule has 3 aromatic rings. The van der Waals surface area contributed by atoms with Gasteiger partial charge in [-0.2, -0.15) is 0 Å². The van der Waals surface area contributed by atoms with Gasteiger partial charge in [-0.25, -0.2) is 4.90 Å². The van der Waals surface area contributed by atoms with Gasteiger partial charge in [0, 0.05) is 33.6 Å². The molecule has 194 valence electrons. The predicted octanol–water partition coefficient (Wildman–Crippen LogP) is 4.23. The van der Waals surface area contributed by atoms with Crippen molar-refractivity contribution in [1.29, 1.82) is 0 Å². The van der Waals surface area contributed by atoms with E-state index in [1.807, 2.05) is 47.4 Å². The minimum Gasteiger partial charge on any atom is -0.493 e. The van der Waals surface area contributed by atoms with E-state index in [4.69, 9.17) is 21.1 Å². The van der Waals surface area contributed by atoms with E-state index < -0.39 is 11.8 Å². The first-order chi connectivity index (χ1) is 17.4. The molecule has 7 nitrogen and oxygen atoms in total. The maximum Gasteiger partial charge on any atom is 0.216 e. The molecule has 2 aliphatic rings. The summed E-state index contributed by atoms with van der Waals surface area (Å²) < 4.78 is 11.8. The van der Waals surface area contributed by atoms with E-state index in [2.05, 4.69) is 4.98 Å². The van der Waals surface area contributed by atoms with Gasteiger partial charge in [-0.3, -0.25) is 0 Å². The summed E-state index contributed by atoms with van der Waals surface area (Å²) in [6.07, 6.45) is 3.33. The van der Waals surface area contributed by atoms with Crippen LogP contribution in [0.3, 0.4) is 0 Å². The molecule has 0 radical (unpaired) electrons. The van der Waals surface area contributed by atoms with Crippen molar-refractivity contribution < 1.29 is 24.8 Å². The molecule has 0 saturated heterocycles. The number of ether oxygens (including phenoxy) is 2. The molecule has 0 spiro atoms. The first-order valence-corrected chi connectivity index (χ1v) is 13.1. The van der Waals surface area contributed by atoms with Crippen LogP contribution in [0.15, 0.2) is 42.5 Å². The lowest BCUT2D eigenvalue weighted by molar-refractivity contribution is -0.213. The molecule has 1 saturated carbocycles. The van der Waals surface area contributed by atoms with E-state index in [1.54, 1.807) is 6.92 Å². The Kier molecular flexibility index (Phi) is 7.58. The molecule has 2 heterocycles. The average molecular weight is 515 g/mol. The van der Waals surface area contributed by atoms with Crippen LogP contribution in [0.1, 0.15) is 49.0 Å². The normalized spacial score (nSPS) is 19.8. The number of aromatic amines is 1. The molecular weight excluding hydrogens is 480 g/mol. The minimum atomic E-state index is -1.01. The first kappa shape index (κ1) is 25.5. The molecular formula is C28H35ClN2O5. The van der Waals surface area contributed by atoms with Crippen molar-refractivity contribution in [3.05, 3.63) is 64.3 Å². The van der Waals surface area contributed by atoms with E-state index in [0.717, 1.165) is 41.4 Å². The highest BCUT2D eigenvalue weighted by Gasteiger charge is 2.36. The van der Waals surface area contributed by atoms with Crippen LogP contribution in [-0.2, 0) is 11.2 Å². The Morgan fingerprint density at radius 1 is 1.14 bits per heavy atom. The number of aliphatic hydroxyl groups is 3. The van der Waals surface area contributed by atoms with Crippen molar-refractivity contribution in [1.82, 2.24) is 9.88 Å². The summed E-state index contributed by atoms with van der Waals surface area (Å²) in [6.45, 7) is 2.87. The van der Waals surface area contributed by atoms with Gasteiger partial charge >= 0.3 is 0 Å². The lowest BCUT2D eigenvalue weighted by Crippen LogP contribution is -2.45. The fraction of sp³-hybridized carbons (Fsp3) is 0.500. The van der Waals surface area contributed by atoms with Gasteiger partial charge in [-0.1, -0.05) is 37.1 Å². The highest BCUT2D eigenvalue weighted by Crippen LogP contribution is 2.40. The highest BCUT2D eigenvalue weighted by atomic mass is 35.5. The Bertz CT molecular complexity index is 1170. The zero-order valence-corrected chi connectivity index (χ0v) is 21.4. The van der Waals surface area contributed by atoms with Gasteiger partial charge in [0.15, 0.2) is 0 Å². The van der Waals surface area contributed by atoms with Crippen molar-refractivity contribution in [3.63, 3.8) is 0 Å². The third-order valence-corrected chi connectivity index (χ3v) is 7.90. The fourth-order valence-corrected chi connectivity index (χ4v) is 5.17. The smallest absolute Gasteiger partial charge is 0.216 e. The zero-order chi connectivity index (χ0) is 25.3. The molecule has 8 heteroatoms. The van der Waals surface area contributed by atoms with Crippen LogP contribution in [0.5, 0.6) is 5.75 Å². The number of aromatic nitrogens is 1. The lowest BCUT2D eigenvalue weighted by Gasteiger charge is -2.39. The van der Waals surface area contributed by atoms with Crippen LogP contribution in [0.4, 0.5) is 0 Å². The molecule has 4 N–H and O–H groups in total. The second-order valence-electron chi connectivity index (χ2n) is 10.5. The molecule has 5 rings (SSSR count). The van der Waals surface area contributed by atoms with Gasteiger partial charge in [-0.15, -0.1) is 0 Å². The predicted molar refractivity (Wildman–Crippen MR) is 139 cm³/mol. The zero-order valence-electron chi connectivity index (χ0n) is 20.6. The maximum atomic E-state index is 11.1. The van der Waals surface area contributed by atoms with Gasteiger partial charge < -0.3 is 29.8 Å². The van der Waals surface area contributed by atoms with Crippen molar-refractivity contribution in [2.45, 2.75) is 45.1 Å². The Morgan fingerprint density at radius 3 is 2.56 bits per heavy atom. The number of nitrogens with one attached hydrogen (secondary N) is 1. The summed E-state index contributed by atoms with van der Waals surface area (Å²) in [6, 6.07) is 13.4. The lowest BCUT2D eigenvalue weighted by atomic mass is 9.86. The molecule has 1 aromatic heterocycles. The minimum absolute atomic E-state index is 0.162. The Balaban J connectivity index is 1.43. The number of fused-ring (bicyclic) bond motifs is 3. The van der Waals surface area contributed by atoms with Gasteiger partial charge in [0.25, 0.3) is 0 Å². The summed E-state index contributed by atoms with van der Waals surface area (Å²) in [4.78, 5) is 5.59. The van der Waals surface area contributed by atoms with Crippen molar-refractivity contribution in [3.8, 4) is 5.75 Å². The molecule has 36 heavy (non-hydrogen) atoms. The standard InChI is InChI=1S/C28H35ClN2O5/c1-28(15-32,16-33)17-36-21-8-5-19(6-9-21)26-25-22(23-13-20(29)7-10-24(23)30-25)11-12-31(26)27(34)35-14-18-3-2-4-18/h5-10,13,18,26-27,30,32-34H,2-4,11-12,14-17H2,1H3/t26-,27?/m0/s1. The topological polar surface area (TPSA) is 98.2 Å². The van der Waals surface area contributed by atoms with Crippen LogP contribution in [-0.4, -0.2) is 64.6 Å². The van der Waals surface area contributed by atoms with E-state index >= 15 is 0 Å². The number of benzene rings is 2. The van der Waals surface area contributed by atoms with E-state index in [1.165, 1.54) is 12.0 Å². The van der Waals surface area contributed by atoms with Crippen LogP contribution in [0.2, 0.25) is 5.02 Å². The summed E-state index contributed by atoms with van der Waals surface area (Å²) in [5.74, 6) is 1.19. The molecule has 1 fully saturated rings. The molecule has 2 atom stereocenters. The van der Waals surface area contributed by atoms with Crippen LogP contribution in [0, 0.1) is 11.3 Å². The Labute approximate surface area is 216 Å². The monoisotopic (exact) mass is 514 g/mol. The number of halogens is 1. The largest absolute Gasteiger partial charge is 0.493 e. The highest BCUT2D eigenvalue weighted by molar-refractivity contribution is 6.31. The maximum absolute atomic E-state index is 11.1. The molecule has 0 bridgehead atoms. The number of hydrogen-bond acceptors (Lipinski definition) is 6. The van der Waals surface area contributed by atoms with Gasteiger partial charge in [0.2, 0.25) is 6.41 Å². The molecule has 1 aliphatic heterocycles. The molecule has 0 amide bonds. The Morgan fingerprint density at radius 2 is 1.89 bits per heavy atom. The second-order valence-corrected chi connectivity index (χ2v) is 11.0. The van der Waals surface area contributed by atoms with E-state index in [0.29, 0.717) is 29.8 Å². The van der Waals surface area contributed by atoms with Crippen LogP contribution < -0.4 is 4.74 Å². The Hall–Kier alpha value is -2.13. The van der Waals surface area contributed by atoms with Crippen molar-refractivity contribution >= 4 is 22.5 Å². The van der Waals surface area contributed by atoms with Gasteiger partial charge in [-0.05, 0) is 66.6 Å². The summed E-state index contributed by atoms with van der Waals surface area (Å²) >= 11 is 6.31. The first-order valence-electron chi connectivity index (χ1n) is 12.7. The third kappa shape index (κ3) is 5.14. The van der Waals surface area contributed by atoms with Gasteiger partial charge in [0.05, 0.1) is 32.5 Å². The molecule has 1 unspecified atom stereocenters. The van der Waals surface area contributed by atoms with Gasteiger partial charge in [0.1, 0.15) is 5.75 Å². The second kappa shape index (κ2) is 10.7. The summed E-state index contributed by atoms with van der Waals surface area (Å²) in [5, 5.41) is 32.0. The summed E-state index contributed by atoms with van der Waals surface area (Å²) in [5.41, 5.74) is 3.56. The quantitative estimate of drug-likeness (QED) is 0.302. The van der Waals surface area contributed by atoms with Crippen LogP contribution >= 0.6 is 11.6 Å². The number of H-pyrrole nitrogens is 1. The number of rotatable bonds is 10. The molecule has 2 aromatic carbocycles. The van der Waals surface area contributed by atoms with E-state index in [-0.39, 0.29) is 25.9 Å². The number of aliphatic hydroxyl groups excluding tert-OH is 3. The summed E-state index contributed by atoms with van der Waals surface area (Å²) in [7, 11) is 0. The van der Waals surface area contributed by atoms with Crippen LogP contribution in [0.25, 0.3) is 10.9 Å². The van der Waals surface area contributed by atoms with Crippen molar-refractivity contribution in [2.75, 3.05) is 33.0 Å². The molecule has 1 aliphatic carbocycles. The SMILES string of the molecule is CC(CO)(CO)COc1ccc([C@H]2c3[nH]c4ccc(Cl)cc4c3CCN2C(O)OCC2CCC2)cc1. The average Bonchev–Trinajstić information content (AvgIpc) is 3.24. The number of hydrogen-bond donors (Lipinski definition) is 4.